The first-order chi connectivity index (χ1) is 7.79. The molecule has 0 saturated heterocycles. The van der Waals surface area contributed by atoms with E-state index in [-0.39, 0.29) is 11.9 Å². The Morgan fingerprint density at radius 2 is 2.19 bits per heavy atom. The molecule has 0 spiro atoms. The number of nitrogens with zero attached hydrogens (tertiary/aromatic N) is 1. The molecule has 4 heteroatoms. The zero-order valence-corrected chi connectivity index (χ0v) is 10.7. The normalized spacial score (nSPS) is 25.9. The van der Waals surface area contributed by atoms with Gasteiger partial charge in [-0.05, 0) is 19.3 Å². The molecule has 16 heavy (non-hydrogen) atoms. The molecule has 2 aliphatic rings. The largest absolute Gasteiger partial charge is 0.312 e. The van der Waals surface area contributed by atoms with Crippen LogP contribution in [0, 0.1) is 0 Å². The molecule has 1 atom stereocenters. The summed E-state index contributed by atoms with van der Waals surface area (Å²) in [6.07, 6.45) is 7.31. The summed E-state index contributed by atoms with van der Waals surface area (Å²) >= 11 is 1.96. The third-order valence-corrected chi connectivity index (χ3v) is 4.58. The van der Waals surface area contributed by atoms with Gasteiger partial charge in [0.2, 0.25) is 5.91 Å². The van der Waals surface area contributed by atoms with Crippen molar-refractivity contribution in [1.29, 1.82) is 0 Å². The van der Waals surface area contributed by atoms with Crippen molar-refractivity contribution in [3.8, 4) is 0 Å². The van der Waals surface area contributed by atoms with Gasteiger partial charge in [0.25, 0.3) is 0 Å². The third kappa shape index (κ3) is 3.00. The molecule has 0 bridgehead atoms. The summed E-state index contributed by atoms with van der Waals surface area (Å²) in [5.41, 5.74) is 0. The molecule has 90 valence electrons. The number of nitrogens with one attached hydrogen (secondary N) is 1. The van der Waals surface area contributed by atoms with Crippen molar-refractivity contribution < 1.29 is 4.79 Å². The Balaban J connectivity index is 1.77. The molecule has 1 aliphatic carbocycles. The van der Waals surface area contributed by atoms with Gasteiger partial charge in [-0.15, -0.1) is 0 Å². The van der Waals surface area contributed by atoms with E-state index < -0.39 is 0 Å². The number of amidine groups is 1. The van der Waals surface area contributed by atoms with E-state index in [4.69, 9.17) is 0 Å². The molecule has 1 fully saturated rings. The van der Waals surface area contributed by atoms with Gasteiger partial charge in [-0.2, -0.15) is 11.8 Å². The monoisotopic (exact) mass is 240 g/mol. The van der Waals surface area contributed by atoms with Gasteiger partial charge in [0.05, 0.1) is 5.75 Å². The first-order valence-corrected chi connectivity index (χ1v) is 7.33. The van der Waals surface area contributed by atoms with Crippen LogP contribution >= 0.6 is 11.8 Å². The fourth-order valence-corrected chi connectivity index (χ4v) is 3.51. The van der Waals surface area contributed by atoms with Crippen molar-refractivity contribution in [2.24, 2.45) is 4.99 Å². The van der Waals surface area contributed by atoms with E-state index in [0.717, 1.165) is 29.7 Å². The lowest BCUT2D eigenvalue weighted by atomic mass is 10.2. The summed E-state index contributed by atoms with van der Waals surface area (Å²) in [6, 6.07) is -0.107. The third-order valence-electron chi connectivity index (χ3n) is 3.20. The first kappa shape index (κ1) is 12.0. The van der Waals surface area contributed by atoms with Crippen LogP contribution in [-0.2, 0) is 4.79 Å². The minimum Gasteiger partial charge on any atom is -0.312 e. The minimum absolute atomic E-state index is 0.101. The SMILES string of the molecule is CCCC1N=C(CSC2CCCC2)NC1=O. The summed E-state index contributed by atoms with van der Waals surface area (Å²) in [4.78, 5) is 16.0. The topological polar surface area (TPSA) is 41.5 Å². The highest BCUT2D eigenvalue weighted by Crippen LogP contribution is 2.29. The van der Waals surface area contributed by atoms with E-state index in [1.807, 2.05) is 11.8 Å². The van der Waals surface area contributed by atoms with Crippen LogP contribution in [0.1, 0.15) is 45.4 Å². The highest BCUT2D eigenvalue weighted by atomic mass is 32.2. The van der Waals surface area contributed by atoms with E-state index in [0.29, 0.717) is 0 Å². The molecule has 1 saturated carbocycles. The average Bonchev–Trinajstić information content (AvgIpc) is 2.87. The van der Waals surface area contributed by atoms with Gasteiger partial charge in [0.1, 0.15) is 11.9 Å². The highest BCUT2D eigenvalue weighted by Gasteiger charge is 2.26. The Bertz CT molecular complexity index is 285. The Hall–Kier alpha value is -0.510. The van der Waals surface area contributed by atoms with Crippen molar-refractivity contribution in [3.05, 3.63) is 0 Å². The Labute approximate surface area is 101 Å². The summed E-state index contributed by atoms with van der Waals surface area (Å²) in [7, 11) is 0. The first-order valence-electron chi connectivity index (χ1n) is 6.28. The predicted octanol–water partition coefficient (Wildman–Crippen LogP) is 2.36. The van der Waals surface area contributed by atoms with Gasteiger partial charge in [0, 0.05) is 5.25 Å². The maximum atomic E-state index is 11.5. The van der Waals surface area contributed by atoms with E-state index in [1.165, 1.54) is 25.7 Å². The molecule has 2 rings (SSSR count). The van der Waals surface area contributed by atoms with Crippen LogP contribution in [-0.4, -0.2) is 28.8 Å². The predicted molar refractivity (Wildman–Crippen MR) is 69.0 cm³/mol. The second-order valence-electron chi connectivity index (χ2n) is 4.59. The van der Waals surface area contributed by atoms with Crippen LogP contribution in [0.25, 0.3) is 0 Å². The van der Waals surface area contributed by atoms with Crippen LogP contribution in [0.3, 0.4) is 0 Å². The Morgan fingerprint density at radius 1 is 1.44 bits per heavy atom. The lowest BCUT2D eigenvalue weighted by Gasteiger charge is -2.07. The fraction of sp³-hybridized carbons (Fsp3) is 0.833. The number of amides is 1. The smallest absolute Gasteiger partial charge is 0.250 e. The van der Waals surface area contributed by atoms with Gasteiger partial charge in [-0.25, -0.2) is 0 Å². The van der Waals surface area contributed by atoms with Crippen LogP contribution in [0.4, 0.5) is 0 Å². The second kappa shape index (κ2) is 5.71. The molecule has 0 aromatic heterocycles. The Kier molecular flexibility index (Phi) is 4.27. The van der Waals surface area contributed by atoms with Crippen LogP contribution in [0.2, 0.25) is 0 Å². The van der Waals surface area contributed by atoms with Gasteiger partial charge in [-0.1, -0.05) is 26.2 Å². The average molecular weight is 240 g/mol. The van der Waals surface area contributed by atoms with Crippen LogP contribution in [0.15, 0.2) is 4.99 Å². The number of hydrogen-bond acceptors (Lipinski definition) is 3. The summed E-state index contributed by atoms with van der Waals surface area (Å²) in [5.74, 6) is 1.89. The zero-order chi connectivity index (χ0) is 11.4. The second-order valence-corrected chi connectivity index (χ2v) is 5.88. The molecule has 1 unspecified atom stereocenters. The summed E-state index contributed by atoms with van der Waals surface area (Å²) in [5, 5.41) is 3.70. The molecule has 3 nitrogen and oxygen atoms in total. The van der Waals surface area contributed by atoms with Crippen LogP contribution < -0.4 is 5.32 Å². The highest BCUT2D eigenvalue weighted by molar-refractivity contribution is 8.00. The minimum atomic E-state index is -0.107. The number of carbonyl (C=O) groups excluding carboxylic acids is 1. The number of thioether (sulfide) groups is 1. The molecule has 0 radical (unpaired) electrons. The van der Waals surface area contributed by atoms with E-state index in [1.54, 1.807) is 0 Å². The molecule has 0 aromatic rings. The lowest BCUT2D eigenvalue weighted by molar-refractivity contribution is -0.120. The molecule has 0 aromatic carbocycles. The van der Waals surface area contributed by atoms with Crippen molar-refractivity contribution in [2.75, 3.05) is 5.75 Å². The van der Waals surface area contributed by atoms with Gasteiger partial charge in [0.15, 0.2) is 0 Å². The lowest BCUT2D eigenvalue weighted by Crippen LogP contribution is -2.30. The van der Waals surface area contributed by atoms with Crippen molar-refractivity contribution >= 4 is 23.5 Å². The van der Waals surface area contributed by atoms with E-state index in [9.17, 15) is 4.79 Å². The quantitative estimate of drug-likeness (QED) is 0.801. The van der Waals surface area contributed by atoms with Crippen molar-refractivity contribution in [3.63, 3.8) is 0 Å². The molecular formula is C12H20N2OS. The maximum absolute atomic E-state index is 11.5. The standard InChI is InChI=1S/C12H20N2OS/c1-2-5-10-12(15)14-11(13-10)8-16-9-6-3-4-7-9/h9-10H,2-8H2,1H3,(H,13,14,15). The van der Waals surface area contributed by atoms with Crippen molar-refractivity contribution in [2.45, 2.75) is 56.7 Å². The maximum Gasteiger partial charge on any atom is 0.250 e. The number of carbonyl (C=O) groups is 1. The van der Waals surface area contributed by atoms with Gasteiger partial charge < -0.3 is 5.32 Å². The number of rotatable bonds is 5. The molecule has 1 amide bonds. The Morgan fingerprint density at radius 3 is 2.88 bits per heavy atom. The zero-order valence-electron chi connectivity index (χ0n) is 9.87. The molecule has 1 N–H and O–H groups in total. The molecule has 1 aliphatic heterocycles. The van der Waals surface area contributed by atoms with Gasteiger partial charge >= 0.3 is 0 Å². The van der Waals surface area contributed by atoms with E-state index in [2.05, 4.69) is 17.2 Å². The van der Waals surface area contributed by atoms with Crippen LogP contribution in [0.5, 0.6) is 0 Å². The summed E-state index contributed by atoms with van der Waals surface area (Å²) < 4.78 is 0. The summed E-state index contributed by atoms with van der Waals surface area (Å²) in [6.45, 7) is 2.09. The van der Waals surface area contributed by atoms with E-state index >= 15 is 0 Å². The number of hydrogen-bond donors (Lipinski definition) is 1. The van der Waals surface area contributed by atoms with Gasteiger partial charge in [-0.3, -0.25) is 9.79 Å². The molecule has 1 heterocycles. The molecular weight excluding hydrogens is 220 g/mol. The number of aliphatic imine (C=N–C) groups is 1. The van der Waals surface area contributed by atoms with Crippen molar-refractivity contribution in [1.82, 2.24) is 5.32 Å². The fourth-order valence-electron chi connectivity index (χ4n) is 2.30.